The zero-order valence-electron chi connectivity index (χ0n) is 12.7. The molecule has 0 radical (unpaired) electrons. The van der Waals surface area contributed by atoms with E-state index in [0.29, 0.717) is 18.9 Å². The van der Waals surface area contributed by atoms with E-state index in [1.165, 1.54) is 12.1 Å². The Bertz CT molecular complexity index is 474. The van der Waals surface area contributed by atoms with Crippen LogP contribution in [0.2, 0.25) is 0 Å². The van der Waals surface area contributed by atoms with Gasteiger partial charge in [0.05, 0.1) is 0 Å². The first-order valence-corrected chi connectivity index (χ1v) is 7.53. The quantitative estimate of drug-likeness (QED) is 0.878. The summed E-state index contributed by atoms with van der Waals surface area (Å²) in [5.74, 6) is 0.709. The van der Waals surface area contributed by atoms with Crippen LogP contribution in [-0.2, 0) is 11.3 Å². The fourth-order valence-electron chi connectivity index (χ4n) is 2.63. The lowest BCUT2D eigenvalue weighted by molar-refractivity contribution is -0.131. The lowest BCUT2D eigenvalue weighted by Crippen LogP contribution is -2.33. The summed E-state index contributed by atoms with van der Waals surface area (Å²) in [6.07, 6.45) is 2.66. The summed E-state index contributed by atoms with van der Waals surface area (Å²) < 4.78 is 28.5. The Balaban J connectivity index is 1.82. The minimum Gasteiger partial charge on any atom is -0.435 e. The fourth-order valence-corrected chi connectivity index (χ4v) is 2.63. The third-order valence-electron chi connectivity index (χ3n) is 3.92. The maximum atomic E-state index is 12.2. The Hall–Kier alpha value is -1.69. The molecule has 1 fully saturated rings. The number of hydrogen-bond acceptors (Lipinski definition) is 3. The molecular weight excluding hydrogens is 290 g/mol. The van der Waals surface area contributed by atoms with Crippen molar-refractivity contribution in [3.05, 3.63) is 29.8 Å². The second-order valence-electron chi connectivity index (χ2n) is 5.67. The standard InChI is InChI=1S/C16H22F2N2O2/c1-20(15(21)10-12-6-8-19-9-7-12)11-13-2-4-14(5-3-13)22-16(17)18/h2-5,12,16,19H,6-11H2,1H3. The van der Waals surface area contributed by atoms with Crippen LogP contribution in [-0.4, -0.2) is 37.6 Å². The van der Waals surface area contributed by atoms with Crippen LogP contribution >= 0.6 is 0 Å². The number of rotatable bonds is 6. The van der Waals surface area contributed by atoms with Gasteiger partial charge < -0.3 is 15.0 Å². The molecule has 0 atom stereocenters. The molecule has 1 amide bonds. The molecule has 1 aromatic carbocycles. The van der Waals surface area contributed by atoms with Crippen molar-refractivity contribution in [1.82, 2.24) is 10.2 Å². The molecule has 22 heavy (non-hydrogen) atoms. The monoisotopic (exact) mass is 312 g/mol. The minimum atomic E-state index is -2.82. The van der Waals surface area contributed by atoms with E-state index in [4.69, 9.17) is 0 Å². The SMILES string of the molecule is CN(Cc1ccc(OC(F)F)cc1)C(=O)CC1CCNCC1. The molecule has 1 aliphatic rings. The number of carbonyl (C=O) groups excluding carboxylic acids is 1. The number of piperidine rings is 1. The van der Waals surface area contributed by atoms with E-state index in [0.717, 1.165) is 31.5 Å². The van der Waals surface area contributed by atoms with Crippen LogP contribution in [0.4, 0.5) is 8.78 Å². The van der Waals surface area contributed by atoms with E-state index in [2.05, 4.69) is 10.1 Å². The highest BCUT2D eigenvalue weighted by Gasteiger charge is 2.19. The number of nitrogens with zero attached hydrogens (tertiary/aromatic N) is 1. The van der Waals surface area contributed by atoms with E-state index >= 15 is 0 Å². The van der Waals surface area contributed by atoms with Gasteiger partial charge in [-0.25, -0.2) is 0 Å². The van der Waals surface area contributed by atoms with Crippen molar-refractivity contribution < 1.29 is 18.3 Å². The number of amides is 1. The molecule has 0 saturated carbocycles. The summed E-state index contributed by atoms with van der Waals surface area (Å²) in [6.45, 7) is -0.390. The van der Waals surface area contributed by atoms with Crippen molar-refractivity contribution in [2.45, 2.75) is 32.4 Å². The molecule has 1 N–H and O–H groups in total. The van der Waals surface area contributed by atoms with Crippen molar-refractivity contribution >= 4 is 5.91 Å². The summed E-state index contributed by atoms with van der Waals surface area (Å²) in [5.41, 5.74) is 0.891. The van der Waals surface area contributed by atoms with Gasteiger partial charge in [0.1, 0.15) is 5.75 Å². The summed E-state index contributed by atoms with van der Waals surface area (Å²) in [6, 6.07) is 6.39. The Kier molecular flexibility index (Phi) is 6.12. The van der Waals surface area contributed by atoms with Crippen LogP contribution in [0.1, 0.15) is 24.8 Å². The lowest BCUT2D eigenvalue weighted by atomic mass is 9.94. The predicted octanol–water partition coefficient (Wildman–Crippen LogP) is 2.64. The van der Waals surface area contributed by atoms with E-state index in [1.54, 1.807) is 24.1 Å². The van der Waals surface area contributed by atoms with Gasteiger partial charge in [-0.3, -0.25) is 4.79 Å². The zero-order valence-corrected chi connectivity index (χ0v) is 12.7. The Morgan fingerprint density at radius 1 is 1.32 bits per heavy atom. The van der Waals surface area contributed by atoms with Crippen LogP contribution in [0.15, 0.2) is 24.3 Å². The maximum absolute atomic E-state index is 12.2. The van der Waals surface area contributed by atoms with Gasteiger partial charge in [0, 0.05) is 20.0 Å². The van der Waals surface area contributed by atoms with Crippen molar-refractivity contribution in [1.29, 1.82) is 0 Å². The molecule has 4 nitrogen and oxygen atoms in total. The Labute approximate surface area is 129 Å². The van der Waals surface area contributed by atoms with Crippen molar-refractivity contribution in [2.24, 2.45) is 5.92 Å². The number of halogens is 2. The predicted molar refractivity (Wildman–Crippen MR) is 79.8 cm³/mol. The van der Waals surface area contributed by atoms with Gasteiger partial charge in [0.25, 0.3) is 0 Å². The van der Waals surface area contributed by atoms with Crippen molar-refractivity contribution in [3.63, 3.8) is 0 Å². The molecule has 0 bridgehead atoms. The van der Waals surface area contributed by atoms with E-state index in [9.17, 15) is 13.6 Å². The summed E-state index contributed by atoms with van der Waals surface area (Å²) in [7, 11) is 1.77. The van der Waals surface area contributed by atoms with Crippen LogP contribution in [0.3, 0.4) is 0 Å². The summed E-state index contributed by atoms with van der Waals surface area (Å²) in [4.78, 5) is 13.9. The first kappa shape index (κ1) is 16.7. The molecule has 0 aromatic heterocycles. The molecule has 2 rings (SSSR count). The maximum Gasteiger partial charge on any atom is 0.387 e. The Morgan fingerprint density at radius 2 is 1.95 bits per heavy atom. The second-order valence-corrected chi connectivity index (χ2v) is 5.67. The minimum absolute atomic E-state index is 0.125. The summed E-state index contributed by atoms with van der Waals surface area (Å²) >= 11 is 0. The molecule has 0 unspecified atom stereocenters. The first-order valence-electron chi connectivity index (χ1n) is 7.53. The number of nitrogens with one attached hydrogen (secondary N) is 1. The van der Waals surface area contributed by atoms with Crippen molar-refractivity contribution in [3.8, 4) is 5.75 Å². The molecule has 1 heterocycles. The average molecular weight is 312 g/mol. The highest BCUT2D eigenvalue weighted by atomic mass is 19.3. The molecule has 1 aliphatic heterocycles. The normalized spacial score (nSPS) is 15.8. The van der Waals surface area contributed by atoms with Gasteiger partial charge in [-0.2, -0.15) is 8.78 Å². The number of carbonyl (C=O) groups is 1. The smallest absolute Gasteiger partial charge is 0.387 e. The molecule has 0 aliphatic carbocycles. The molecule has 122 valence electrons. The molecule has 1 aromatic rings. The van der Waals surface area contributed by atoms with E-state index < -0.39 is 6.61 Å². The molecule has 1 saturated heterocycles. The van der Waals surface area contributed by atoms with Gasteiger partial charge in [0.15, 0.2) is 0 Å². The number of alkyl halides is 2. The third-order valence-corrected chi connectivity index (χ3v) is 3.92. The van der Waals surface area contributed by atoms with Crippen molar-refractivity contribution in [2.75, 3.05) is 20.1 Å². The fraction of sp³-hybridized carbons (Fsp3) is 0.562. The third kappa shape index (κ3) is 5.26. The number of benzene rings is 1. The van der Waals surface area contributed by atoms with Crippen LogP contribution in [0, 0.1) is 5.92 Å². The zero-order chi connectivity index (χ0) is 15.9. The highest BCUT2D eigenvalue weighted by molar-refractivity contribution is 5.76. The Morgan fingerprint density at radius 3 is 2.55 bits per heavy atom. The van der Waals surface area contributed by atoms with E-state index in [-0.39, 0.29) is 11.7 Å². The van der Waals surface area contributed by atoms with Crippen LogP contribution < -0.4 is 10.1 Å². The highest BCUT2D eigenvalue weighted by Crippen LogP contribution is 2.19. The largest absolute Gasteiger partial charge is 0.435 e. The van der Waals surface area contributed by atoms with Crippen LogP contribution in [0.5, 0.6) is 5.75 Å². The topological polar surface area (TPSA) is 41.6 Å². The second kappa shape index (κ2) is 8.08. The molecule has 0 spiro atoms. The van der Waals surface area contributed by atoms with Gasteiger partial charge in [0.2, 0.25) is 5.91 Å². The molecular formula is C16H22F2N2O2. The van der Waals surface area contributed by atoms with Gasteiger partial charge in [-0.15, -0.1) is 0 Å². The first-order chi connectivity index (χ1) is 10.5. The van der Waals surface area contributed by atoms with Gasteiger partial charge in [-0.1, -0.05) is 12.1 Å². The van der Waals surface area contributed by atoms with E-state index in [1.807, 2.05) is 0 Å². The average Bonchev–Trinajstić information content (AvgIpc) is 2.49. The number of ether oxygens (including phenoxy) is 1. The number of hydrogen-bond donors (Lipinski definition) is 1. The molecule has 6 heteroatoms. The van der Waals surface area contributed by atoms with Crippen LogP contribution in [0.25, 0.3) is 0 Å². The summed E-state index contributed by atoms with van der Waals surface area (Å²) in [5, 5.41) is 3.29. The van der Waals surface area contributed by atoms with Gasteiger partial charge >= 0.3 is 6.61 Å². The lowest BCUT2D eigenvalue weighted by Gasteiger charge is -2.25. The van der Waals surface area contributed by atoms with Gasteiger partial charge in [-0.05, 0) is 49.5 Å².